The van der Waals surface area contributed by atoms with Gasteiger partial charge in [0, 0.05) is 27.3 Å². The zero-order chi connectivity index (χ0) is 29.6. The zero-order valence-electron chi connectivity index (χ0n) is 22.7. The molecule has 42 heavy (non-hydrogen) atoms. The summed E-state index contributed by atoms with van der Waals surface area (Å²) in [7, 11) is 1.58. The van der Waals surface area contributed by atoms with Crippen LogP contribution in [-0.2, 0) is 43.9 Å². The number of nitrogens with zero attached hydrogens (tertiary/aromatic N) is 1. The predicted octanol–water partition coefficient (Wildman–Crippen LogP) is 5.86. The van der Waals surface area contributed by atoms with E-state index in [0.29, 0.717) is 22.3 Å². The second kappa shape index (κ2) is 13.9. The summed E-state index contributed by atoms with van der Waals surface area (Å²) in [5.41, 5.74) is 3.65. The SMILES string of the molecule is COc1ccc(COC(=O)C2=C(Sc3ccc(CCl)cc3CCl)CS[C@@H]3[C@H](NC(=O)Cc4ccccc4)C(=O)N23)cc1. The molecule has 3 aromatic carbocycles. The number of esters is 1. The minimum Gasteiger partial charge on any atom is -0.497 e. The summed E-state index contributed by atoms with van der Waals surface area (Å²) in [6, 6.07) is 21.6. The highest BCUT2D eigenvalue weighted by Gasteiger charge is 2.54. The van der Waals surface area contributed by atoms with Gasteiger partial charge in [0.05, 0.1) is 13.5 Å². The Morgan fingerprint density at radius 1 is 1.00 bits per heavy atom. The van der Waals surface area contributed by atoms with Crippen LogP contribution in [0.3, 0.4) is 0 Å². The van der Waals surface area contributed by atoms with Gasteiger partial charge in [-0.1, -0.05) is 66.4 Å². The van der Waals surface area contributed by atoms with E-state index in [-0.39, 0.29) is 36.4 Å². The molecule has 0 unspecified atom stereocenters. The number of halogens is 2. The zero-order valence-corrected chi connectivity index (χ0v) is 25.8. The third-order valence-electron chi connectivity index (χ3n) is 6.84. The van der Waals surface area contributed by atoms with Gasteiger partial charge in [-0.2, -0.15) is 0 Å². The molecule has 3 aromatic rings. The highest BCUT2D eigenvalue weighted by Crippen LogP contribution is 2.46. The summed E-state index contributed by atoms with van der Waals surface area (Å²) >= 11 is 15.1. The number of alkyl halides is 2. The molecule has 2 amide bonds. The minimum absolute atomic E-state index is 0.0265. The molecule has 0 aromatic heterocycles. The number of carbonyl (C=O) groups excluding carboxylic acids is 3. The summed E-state index contributed by atoms with van der Waals surface area (Å²) in [6.45, 7) is 0.0265. The maximum absolute atomic E-state index is 13.6. The maximum Gasteiger partial charge on any atom is 0.356 e. The van der Waals surface area contributed by atoms with Crippen molar-refractivity contribution >= 4 is 64.5 Å². The number of β-lactam (4-membered cyclic amide) rings is 1. The number of methoxy groups -OCH3 is 1. The van der Waals surface area contributed by atoms with Crippen molar-refractivity contribution in [3.8, 4) is 5.75 Å². The minimum atomic E-state index is -0.733. The first-order valence-electron chi connectivity index (χ1n) is 13.1. The standard InChI is InChI=1S/C31H28Cl2N2O5S2/c1-39-23-10-7-20(8-11-23)17-40-31(38)28-25(42-24-12-9-21(15-32)13-22(24)16-33)18-41-30-27(29(37)35(28)30)34-26(36)14-19-5-3-2-4-6-19/h2-13,27,30H,14-18H2,1H3,(H,34,36)/t27-,30-/m1/s1. The fourth-order valence-corrected chi connectivity index (χ4v) is 7.70. The topological polar surface area (TPSA) is 84.9 Å². The van der Waals surface area contributed by atoms with Crippen LogP contribution in [0.1, 0.15) is 22.3 Å². The van der Waals surface area contributed by atoms with Gasteiger partial charge in [0.15, 0.2) is 0 Å². The Morgan fingerprint density at radius 3 is 2.43 bits per heavy atom. The van der Waals surface area contributed by atoms with Gasteiger partial charge in [-0.25, -0.2) is 4.79 Å². The van der Waals surface area contributed by atoms with E-state index >= 15 is 0 Å². The largest absolute Gasteiger partial charge is 0.497 e. The number of rotatable bonds is 11. The van der Waals surface area contributed by atoms with Gasteiger partial charge in [0.25, 0.3) is 5.91 Å². The Morgan fingerprint density at radius 2 is 1.74 bits per heavy atom. The van der Waals surface area contributed by atoms with E-state index in [2.05, 4.69) is 5.32 Å². The van der Waals surface area contributed by atoms with Gasteiger partial charge in [-0.15, -0.1) is 35.0 Å². The molecule has 0 spiro atoms. The van der Waals surface area contributed by atoms with Crippen LogP contribution in [0.15, 0.2) is 88.3 Å². The highest BCUT2D eigenvalue weighted by molar-refractivity contribution is 8.06. The first-order valence-corrected chi connectivity index (χ1v) is 16.1. The Hall–Kier alpha value is -3.11. The molecular weight excluding hydrogens is 615 g/mol. The van der Waals surface area contributed by atoms with E-state index in [0.717, 1.165) is 27.1 Å². The van der Waals surface area contributed by atoms with Crippen LogP contribution < -0.4 is 10.1 Å². The number of ether oxygens (including phenoxy) is 2. The van der Waals surface area contributed by atoms with Gasteiger partial charge in [0.1, 0.15) is 29.5 Å². The van der Waals surface area contributed by atoms with Crippen LogP contribution in [0.4, 0.5) is 0 Å². The lowest BCUT2D eigenvalue weighted by Crippen LogP contribution is -2.70. The van der Waals surface area contributed by atoms with Crippen molar-refractivity contribution in [1.29, 1.82) is 0 Å². The lowest BCUT2D eigenvalue weighted by molar-refractivity contribution is -0.153. The quantitative estimate of drug-likeness (QED) is 0.159. The number of fused-ring (bicyclic) bond motifs is 1. The molecule has 0 bridgehead atoms. The van der Waals surface area contributed by atoms with E-state index in [1.165, 1.54) is 28.4 Å². The van der Waals surface area contributed by atoms with Crippen LogP contribution in [0.2, 0.25) is 0 Å². The van der Waals surface area contributed by atoms with Gasteiger partial charge >= 0.3 is 5.97 Å². The Kier molecular flexibility index (Phi) is 10.1. The van der Waals surface area contributed by atoms with Gasteiger partial charge in [-0.05, 0) is 40.5 Å². The average Bonchev–Trinajstić information content (AvgIpc) is 3.03. The van der Waals surface area contributed by atoms with Gasteiger partial charge < -0.3 is 14.8 Å². The number of carbonyl (C=O) groups is 3. The van der Waals surface area contributed by atoms with Gasteiger partial charge in [-0.3, -0.25) is 14.5 Å². The highest BCUT2D eigenvalue weighted by atomic mass is 35.5. The summed E-state index contributed by atoms with van der Waals surface area (Å²) in [5.74, 6) is 0.572. The van der Waals surface area contributed by atoms with Crippen molar-refractivity contribution in [3.05, 3.63) is 106 Å². The normalized spacial score (nSPS) is 17.8. The molecular formula is C31H28Cl2N2O5S2. The monoisotopic (exact) mass is 642 g/mol. The number of hydrogen-bond acceptors (Lipinski definition) is 7. The predicted molar refractivity (Wildman–Crippen MR) is 166 cm³/mol. The van der Waals surface area contributed by atoms with Crippen LogP contribution >= 0.6 is 46.7 Å². The summed E-state index contributed by atoms with van der Waals surface area (Å²) in [5, 5.41) is 2.44. The van der Waals surface area contributed by atoms with Crippen molar-refractivity contribution in [2.75, 3.05) is 12.9 Å². The molecule has 1 fully saturated rings. The molecule has 1 N–H and O–H groups in total. The third-order valence-corrected chi connectivity index (χ3v) is 10.1. The Bertz CT molecular complexity index is 1500. The smallest absolute Gasteiger partial charge is 0.356 e. The molecule has 0 radical (unpaired) electrons. The third kappa shape index (κ3) is 6.75. The van der Waals surface area contributed by atoms with Crippen LogP contribution in [0.25, 0.3) is 0 Å². The molecule has 2 aliphatic rings. The van der Waals surface area contributed by atoms with Crippen molar-refractivity contribution in [2.24, 2.45) is 0 Å². The first kappa shape index (κ1) is 30.4. The van der Waals surface area contributed by atoms with E-state index < -0.39 is 17.4 Å². The molecule has 11 heteroatoms. The Labute approximate surface area is 262 Å². The van der Waals surface area contributed by atoms with E-state index in [9.17, 15) is 14.4 Å². The molecule has 7 nitrogen and oxygen atoms in total. The summed E-state index contributed by atoms with van der Waals surface area (Å²) in [4.78, 5) is 42.8. The summed E-state index contributed by atoms with van der Waals surface area (Å²) < 4.78 is 10.9. The van der Waals surface area contributed by atoms with Crippen LogP contribution in [0, 0.1) is 0 Å². The van der Waals surface area contributed by atoms with Crippen molar-refractivity contribution in [1.82, 2.24) is 10.2 Å². The number of benzene rings is 3. The van der Waals surface area contributed by atoms with Crippen molar-refractivity contribution in [3.63, 3.8) is 0 Å². The molecule has 5 rings (SSSR count). The molecule has 2 heterocycles. The first-order chi connectivity index (χ1) is 20.4. The molecule has 2 aliphatic heterocycles. The number of amides is 2. The second-order valence-electron chi connectivity index (χ2n) is 9.62. The lowest BCUT2D eigenvalue weighted by Gasteiger charge is -2.49. The van der Waals surface area contributed by atoms with E-state index in [4.69, 9.17) is 32.7 Å². The maximum atomic E-state index is 13.6. The average molecular weight is 644 g/mol. The molecule has 2 atom stereocenters. The van der Waals surface area contributed by atoms with Crippen molar-refractivity contribution in [2.45, 2.75) is 41.1 Å². The molecule has 0 aliphatic carbocycles. The lowest BCUT2D eigenvalue weighted by atomic mass is 10.0. The fourth-order valence-electron chi connectivity index (χ4n) is 4.66. The number of hydrogen-bond donors (Lipinski definition) is 1. The van der Waals surface area contributed by atoms with Crippen LogP contribution in [-0.4, -0.2) is 47.0 Å². The van der Waals surface area contributed by atoms with Gasteiger partial charge in [0.2, 0.25) is 5.91 Å². The Balaban J connectivity index is 1.38. The molecule has 218 valence electrons. The van der Waals surface area contributed by atoms with E-state index in [1.807, 2.05) is 60.7 Å². The van der Waals surface area contributed by atoms with E-state index in [1.54, 1.807) is 19.2 Å². The number of thioether (sulfide) groups is 2. The van der Waals surface area contributed by atoms with Crippen molar-refractivity contribution < 1.29 is 23.9 Å². The van der Waals surface area contributed by atoms with Crippen LogP contribution in [0.5, 0.6) is 5.75 Å². The number of nitrogens with one attached hydrogen (secondary N) is 1. The summed E-state index contributed by atoms with van der Waals surface area (Å²) in [6.07, 6.45) is 0.162. The molecule has 1 saturated heterocycles. The fraction of sp³-hybridized carbons (Fsp3) is 0.258. The second-order valence-corrected chi connectivity index (χ2v) is 12.4. The molecule has 0 saturated carbocycles.